The Bertz CT molecular complexity index is 3740. The van der Waals surface area contributed by atoms with Crippen LogP contribution in [-0.4, -0.2) is 71.3 Å². The Kier molecular flexibility index (Phi) is 17.7. The Morgan fingerprint density at radius 1 is 0.535 bits per heavy atom. The second-order valence-electron chi connectivity index (χ2n) is 20.5. The van der Waals surface area contributed by atoms with Gasteiger partial charge >= 0.3 is 18.5 Å². The summed E-state index contributed by atoms with van der Waals surface area (Å²) in [5.74, 6) is -1.53. The van der Waals surface area contributed by atoms with Gasteiger partial charge in [0.15, 0.2) is 0 Å². The van der Waals surface area contributed by atoms with Crippen LogP contribution in [-0.2, 0) is 26.6 Å². The number of carbonyl (C=O) groups is 3. The number of anilines is 1. The van der Waals surface area contributed by atoms with Crippen LogP contribution in [0.2, 0.25) is 0 Å². The van der Waals surface area contributed by atoms with E-state index in [1.807, 2.05) is 48.5 Å². The summed E-state index contributed by atoms with van der Waals surface area (Å²) < 4.78 is 129. The molecule has 444 valence electrons. The third-order valence-corrected chi connectivity index (χ3v) is 15.0. The summed E-state index contributed by atoms with van der Waals surface area (Å²) in [5, 5.41) is 18.0. The van der Waals surface area contributed by atoms with Gasteiger partial charge in [0, 0.05) is 23.3 Å². The average Bonchev–Trinajstić information content (AvgIpc) is 1.68. The Balaban J connectivity index is 0.000000220. The van der Waals surface area contributed by atoms with Crippen molar-refractivity contribution in [3.8, 4) is 45.1 Å². The summed E-state index contributed by atoms with van der Waals surface area (Å²) >= 11 is 0. The number of hydrogen-bond donors (Lipinski definition) is 3. The fourth-order valence-corrected chi connectivity index (χ4v) is 11.1. The van der Waals surface area contributed by atoms with Gasteiger partial charge in [-0.1, -0.05) is 127 Å². The molecule has 2 aliphatic rings. The smallest absolute Gasteiger partial charge is 0.416 e. The first-order valence-electron chi connectivity index (χ1n) is 26.9. The third kappa shape index (κ3) is 13.0. The summed E-state index contributed by atoms with van der Waals surface area (Å²) in [6, 6.07) is 43.0. The van der Waals surface area contributed by atoms with Crippen LogP contribution in [0.3, 0.4) is 0 Å². The molecule has 0 aliphatic heterocycles. The van der Waals surface area contributed by atoms with Crippen molar-refractivity contribution >= 4 is 29.1 Å². The second-order valence-corrected chi connectivity index (χ2v) is 20.5. The molecule has 2 aliphatic carbocycles. The zero-order chi connectivity index (χ0) is 61.6. The van der Waals surface area contributed by atoms with Crippen LogP contribution in [0, 0.1) is 24.0 Å². The highest BCUT2D eigenvalue weighted by Crippen LogP contribution is 2.53. The number of ether oxygens (including phenoxy) is 2. The lowest BCUT2D eigenvalue weighted by Crippen LogP contribution is -2.47. The van der Waals surface area contributed by atoms with Crippen LogP contribution in [0.25, 0.3) is 33.4 Å². The van der Waals surface area contributed by atoms with E-state index in [1.165, 1.54) is 24.4 Å². The minimum Gasteiger partial charge on any atom is -0.478 e. The number of aromatic nitrogens is 2. The molecule has 0 bridgehead atoms. The number of hydrogen-bond acceptors (Lipinski definition) is 9. The van der Waals surface area contributed by atoms with Gasteiger partial charge in [0.25, 0.3) is 11.6 Å². The van der Waals surface area contributed by atoms with Crippen LogP contribution in [0.4, 0.5) is 50.9 Å². The zero-order valence-electron chi connectivity index (χ0n) is 45.9. The molecule has 0 spiro atoms. The van der Waals surface area contributed by atoms with Crippen molar-refractivity contribution in [3.63, 3.8) is 0 Å². The fraction of sp³-hybridized carbons (Fsp3) is 0.234. The Morgan fingerprint density at radius 2 is 0.930 bits per heavy atom. The van der Waals surface area contributed by atoms with Crippen molar-refractivity contribution in [1.29, 1.82) is 0 Å². The largest absolute Gasteiger partial charge is 0.478 e. The van der Waals surface area contributed by atoms with E-state index in [-0.39, 0.29) is 49.1 Å². The molecule has 6 aromatic carbocycles. The van der Waals surface area contributed by atoms with Crippen LogP contribution in [0.5, 0.6) is 11.8 Å². The van der Waals surface area contributed by atoms with Crippen molar-refractivity contribution in [2.45, 2.75) is 68.9 Å². The first kappa shape index (κ1) is 61.0. The number of nitrogens with one attached hydrogen (secondary N) is 3. The van der Waals surface area contributed by atoms with Crippen molar-refractivity contribution < 1.29 is 68.3 Å². The maximum Gasteiger partial charge on any atom is 0.416 e. The minimum absolute atomic E-state index is 0.0945. The molecular weight excluding hydrogens is 1140 g/mol. The van der Waals surface area contributed by atoms with Gasteiger partial charge in [0.1, 0.15) is 30.1 Å². The molecule has 0 saturated heterocycles. The monoisotopic (exact) mass is 1190 g/mol. The lowest BCUT2D eigenvalue weighted by Gasteiger charge is -2.31. The van der Waals surface area contributed by atoms with E-state index in [9.17, 15) is 64.0 Å². The number of halogens is 9. The van der Waals surface area contributed by atoms with Crippen LogP contribution in [0.15, 0.2) is 170 Å². The van der Waals surface area contributed by atoms with Gasteiger partial charge in [-0.15, -0.1) is 0 Å². The molecule has 0 unspecified atom stereocenters. The molecule has 22 heteroatoms. The lowest BCUT2D eigenvalue weighted by molar-refractivity contribution is -0.385. The molecule has 86 heavy (non-hydrogen) atoms. The van der Waals surface area contributed by atoms with Crippen LogP contribution < -0.4 is 25.4 Å². The van der Waals surface area contributed by atoms with E-state index >= 15 is 0 Å². The van der Waals surface area contributed by atoms with Gasteiger partial charge in [-0.2, -0.15) is 39.5 Å². The first-order chi connectivity index (χ1) is 40.9. The van der Waals surface area contributed by atoms with E-state index in [4.69, 9.17) is 9.47 Å². The molecule has 2 aromatic heterocycles. The molecule has 13 nitrogen and oxygen atoms in total. The average molecular weight is 1190 g/mol. The van der Waals surface area contributed by atoms with E-state index in [1.54, 1.807) is 92.7 Å². The van der Waals surface area contributed by atoms with Gasteiger partial charge in [-0.3, -0.25) is 24.5 Å². The van der Waals surface area contributed by atoms with E-state index in [0.717, 1.165) is 40.6 Å². The number of nitro groups is 1. The topological polar surface area (TPSA) is 175 Å². The summed E-state index contributed by atoms with van der Waals surface area (Å²) in [6.45, 7) is 0.624. The van der Waals surface area contributed by atoms with Gasteiger partial charge in [-0.05, 0) is 119 Å². The fourth-order valence-electron chi connectivity index (χ4n) is 11.1. The van der Waals surface area contributed by atoms with Crippen LogP contribution in [0.1, 0.15) is 75.0 Å². The second kappa shape index (κ2) is 24.9. The van der Waals surface area contributed by atoms with Crippen molar-refractivity contribution in [1.82, 2.24) is 20.6 Å². The number of benzene rings is 6. The Labute approximate surface area is 486 Å². The standard InChI is InChI=1S/C39H31F6N3O3.C25H22F3N3O4/c1-24-21-34(46-22-33(24)48-35(49)30-12-3-2-9-27(30)25-15-17-26(18-16-25)39(43,44)45)51-20-8-19-37(36(50)47-23-38(40,41)42)31-13-6-4-10-28(31)29-11-5-7-14-32(29)37;1-16-13-22(29-14-21(16)31(33)34)35-12-6-11-24(23(32)30-15-25(26,27)28)19-9-4-2-7-17(19)18-8-3-5-10-20(18)24/h2-7,9-18,21-22H,8,19-20,23H2,1H3,(H,47,50)(H,48,49);2-5,7-10,13-14H,6,11-12,15H2,1H3,(H,30,32). The van der Waals surface area contributed by atoms with Gasteiger partial charge < -0.3 is 25.4 Å². The highest BCUT2D eigenvalue weighted by Gasteiger charge is 2.51. The number of alkyl halides is 9. The third-order valence-electron chi connectivity index (χ3n) is 15.0. The lowest BCUT2D eigenvalue weighted by atomic mass is 9.73. The van der Waals surface area contributed by atoms with E-state index in [2.05, 4.69) is 25.9 Å². The number of carbonyl (C=O) groups excluding carboxylic acids is 3. The van der Waals surface area contributed by atoms with E-state index < -0.39 is 70.7 Å². The van der Waals surface area contributed by atoms with E-state index in [0.29, 0.717) is 63.0 Å². The van der Waals surface area contributed by atoms with Crippen molar-refractivity contribution in [3.05, 3.63) is 225 Å². The van der Waals surface area contributed by atoms with Gasteiger partial charge in [0.05, 0.1) is 35.6 Å². The van der Waals surface area contributed by atoms with Crippen molar-refractivity contribution in [2.24, 2.45) is 0 Å². The molecule has 0 radical (unpaired) electrons. The Morgan fingerprint density at radius 3 is 1.33 bits per heavy atom. The molecule has 8 aromatic rings. The summed E-state index contributed by atoms with van der Waals surface area (Å²) in [7, 11) is 0. The number of pyridine rings is 2. The van der Waals surface area contributed by atoms with Gasteiger partial charge in [-0.25, -0.2) is 9.97 Å². The molecule has 3 amide bonds. The zero-order valence-corrected chi connectivity index (χ0v) is 45.9. The number of fused-ring (bicyclic) bond motifs is 6. The number of nitrogens with zero attached hydrogens (tertiary/aromatic N) is 3. The molecule has 0 atom stereocenters. The quantitative estimate of drug-likeness (QED) is 0.0327. The van der Waals surface area contributed by atoms with Crippen LogP contribution >= 0.6 is 0 Å². The number of rotatable bonds is 18. The molecular formula is C64H53F9N6O7. The highest BCUT2D eigenvalue weighted by atomic mass is 19.4. The minimum atomic E-state index is -4.58. The number of aryl methyl sites for hydroxylation is 2. The predicted molar refractivity (Wildman–Crippen MR) is 302 cm³/mol. The highest BCUT2D eigenvalue weighted by molar-refractivity contribution is 6.09. The maximum atomic E-state index is 13.7. The molecule has 3 N–H and O–H groups in total. The summed E-state index contributed by atoms with van der Waals surface area (Å²) in [5.41, 5.74) is 4.64. The summed E-state index contributed by atoms with van der Waals surface area (Å²) in [6.07, 6.45) is -10.1. The van der Waals surface area contributed by atoms with Crippen molar-refractivity contribution in [2.75, 3.05) is 31.6 Å². The first-order valence-corrected chi connectivity index (χ1v) is 26.9. The molecule has 0 fully saturated rings. The predicted octanol–water partition coefficient (Wildman–Crippen LogP) is 14.2. The molecule has 2 heterocycles. The normalized spacial score (nSPS) is 13.4. The molecule has 10 rings (SSSR count). The summed E-state index contributed by atoms with van der Waals surface area (Å²) in [4.78, 5) is 59.1. The number of amides is 3. The SMILES string of the molecule is Cc1cc(OCCCC2(C(=O)NCC(F)(F)F)c3ccccc3-c3ccccc32)ncc1NC(=O)c1ccccc1-c1ccc(C(F)(F)F)cc1.Cc1cc(OCCCC2(C(=O)NCC(F)(F)F)c3ccccc3-c3ccccc32)ncc1[N+](=O)[O-]. The Hall–Kier alpha value is -9.60. The maximum absolute atomic E-state index is 13.7. The molecule has 0 saturated carbocycles. The van der Waals surface area contributed by atoms with Gasteiger partial charge in [0.2, 0.25) is 23.6 Å².